The molecule has 0 saturated carbocycles. The molecule has 0 unspecified atom stereocenters. The lowest BCUT2D eigenvalue weighted by Crippen LogP contribution is -2.29. The molecule has 1 saturated heterocycles. The fourth-order valence-electron chi connectivity index (χ4n) is 2.19. The molecule has 18 heavy (non-hydrogen) atoms. The van der Waals surface area contributed by atoms with Crippen molar-refractivity contribution < 1.29 is 14.3 Å². The van der Waals surface area contributed by atoms with E-state index in [1.54, 1.807) is 0 Å². The molecule has 0 aromatic carbocycles. The Hall–Kier alpha value is -1.10. The van der Waals surface area contributed by atoms with Crippen molar-refractivity contribution >= 4 is 11.8 Å². The summed E-state index contributed by atoms with van der Waals surface area (Å²) in [5.74, 6) is 0.511. The fourth-order valence-corrected chi connectivity index (χ4v) is 2.19. The van der Waals surface area contributed by atoms with Crippen molar-refractivity contribution in [2.45, 2.75) is 39.0 Å². The zero-order valence-electron chi connectivity index (χ0n) is 11.1. The van der Waals surface area contributed by atoms with Crippen LogP contribution in [0.5, 0.6) is 0 Å². The average molecular weight is 256 g/mol. The molecule has 1 aliphatic heterocycles. The highest BCUT2D eigenvalue weighted by atomic mass is 16.5. The molecular weight excluding hydrogens is 232 g/mol. The summed E-state index contributed by atoms with van der Waals surface area (Å²) in [5, 5.41) is 2.90. The quantitative estimate of drug-likeness (QED) is 0.707. The van der Waals surface area contributed by atoms with Crippen LogP contribution in [0, 0.1) is 11.8 Å². The molecule has 0 aromatic rings. The number of amides is 2. The van der Waals surface area contributed by atoms with Gasteiger partial charge in [0.2, 0.25) is 11.8 Å². The molecule has 104 valence electrons. The molecule has 0 aromatic heterocycles. The van der Waals surface area contributed by atoms with Crippen molar-refractivity contribution in [3.63, 3.8) is 0 Å². The van der Waals surface area contributed by atoms with Crippen LogP contribution < -0.4 is 11.1 Å². The molecule has 2 amide bonds. The van der Waals surface area contributed by atoms with Gasteiger partial charge in [0, 0.05) is 32.6 Å². The van der Waals surface area contributed by atoms with Gasteiger partial charge in [-0.3, -0.25) is 9.59 Å². The molecule has 1 aliphatic rings. The summed E-state index contributed by atoms with van der Waals surface area (Å²) < 4.78 is 5.26. The number of nitrogens with one attached hydrogen (secondary N) is 1. The summed E-state index contributed by atoms with van der Waals surface area (Å²) in [6, 6.07) is 0. The molecule has 5 heteroatoms. The van der Waals surface area contributed by atoms with E-state index in [0.717, 1.165) is 32.5 Å². The molecular formula is C13H24N2O3. The van der Waals surface area contributed by atoms with Gasteiger partial charge in [0.05, 0.1) is 0 Å². The smallest absolute Gasteiger partial charge is 0.220 e. The van der Waals surface area contributed by atoms with Crippen molar-refractivity contribution in [3.8, 4) is 0 Å². The number of primary amides is 1. The summed E-state index contributed by atoms with van der Waals surface area (Å²) in [7, 11) is 0. The molecule has 5 nitrogen and oxygen atoms in total. The molecule has 0 bridgehead atoms. The van der Waals surface area contributed by atoms with Gasteiger partial charge < -0.3 is 15.8 Å². The Labute approximate surface area is 108 Å². The Morgan fingerprint density at radius 3 is 2.67 bits per heavy atom. The van der Waals surface area contributed by atoms with Crippen LogP contribution in [0.15, 0.2) is 0 Å². The van der Waals surface area contributed by atoms with Gasteiger partial charge in [-0.1, -0.05) is 6.92 Å². The van der Waals surface area contributed by atoms with Crippen LogP contribution in [-0.4, -0.2) is 31.6 Å². The number of nitrogens with two attached hydrogens (primary N) is 1. The number of hydrogen-bond acceptors (Lipinski definition) is 3. The standard InChI is InChI=1S/C13H24N2O3/c1-10(8-12(14)16)2-5-15-13(17)9-11-3-6-18-7-4-11/h10-11H,2-9H2,1H3,(H2,14,16)(H,15,17)/t10-/m0/s1. The highest BCUT2D eigenvalue weighted by Gasteiger charge is 2.17. The summed E-state index contributed by atoms with van der Waals surface area (Å²) in [5.41, 5.74) is 5.11. The number of carbonyl (C=O) groups is 2. The molecule has 1 fully saturated rings. The minimum atomic E-state index is -0.281. The number of hydrogen-bond donors (Lipinski definition) is 2. The molecule has 1 rings (SSSR count). The van der Waals surface area contributed by atoms with E-state index in [9.17, 15) is 9.59 Å². The van der Waals surface area contributed by atoms with Crippen molar-refractivity contribution in [1.82, 2.24) is 5.32 Å². The summed E-state index contributed by atoms with van der Waals surface area (Å²) in [6.45, 7) is 4.13. The van der Waals surface area contributed by atoms with E-state index in [1.165, 1.54) is 0 Å². The van der Waals surface area contributed by atoms with E-state index in [1.807, 2.05) is 6.92 Å². The van der Waals surface area contributed by atoms with Crippen LogP contribution >= 0.6 is 0 Å². The first kappa shape index (κ1) is 15.0. The third-order valence-electron chi connectivity index (χ3n) is 3.32. The monoisotopic (exact) mass is 256 g/mol. The van der Waals surface area contributed by atoms with Gasteiger partial charge >= 0.3 is 0 Å². The average Bonchev–Trinajstić information content (AvgIpc) is 2.29. The second-order valence-electron chi connectivity index (χ2n) is 5.17. The largest absolute Gasteiger partial charge is 0.381 e. The maximum absolute atomic E-state index is 11.7. The molecule has 1 heterocycles. The van der Waals surface area contributed by atoms with E-state index >= 15 is 0 Å². The lowest BCUT2D eigenvalue weighted by atomic mass is 9.96. The number of carbonyl (C=O) groups excluding carboxylic acids is 2. The zero-order chi connectivity index (χ0) is 13.4. The zero-order valence-corrected chi connectivity index (χ0v) is 11.1. The Bertz CT molecular complexity index is 275. The van der Waals surface area contributed by atoms with E-state index in [0.29, 0.717) is 25.3 Å². The van der Waals surface area contributed by atoms with Crippen molar-refractivity contribution in [2.75, 3.05) is 19.8 Å². The molecule has 0 radical (unpaired) electrons. The van der Waals surface area contributed by atoms with Crippen molar-refractivity contribution in [3.05, 3.63) is 0 Å². The summed E-state index contributed by atoms with van der Waals surface area (Å²) in [4.78, 5) is 22.4. The highest BCUT2D eigenvalue weighted by Crippen LogP contribution is 2.18. The Morgan fingerprint density at radius 1 is 1.39 bits per heavy atom. The first-order valence-electron chi connectivity index (χ1n) is 6.70. The maximum atomic E-state index is 11.7. The molecule has 0 aliphatic carbocycles. The summed E-state index contributed by atoms with van der Waals surface area (Å²) >= 11 is 0. The Balaban J connectivity index is 2.07. The van der Waals surface area contributed by atoms with E-state index in [2.05, 4.69) is 5.32 Å². The van der Waals surface area contributed by atoms with Gasteiger partial charge in [-0.05, 0) is 31.1 Å². The third-order valence-corrected chi connectivity index (χ3v) is 3.32. The third kappa shape index (κ3) is 6.59. The van der Waals surface area contributed by atoms with Gasteiger partial charge in [0.1, 0.15) is 0 Å². The lowest BCUT2D eigenvalue weighted by Gasteiger charge is -2.21. The normalized spacial score (nSPS) is 18.3. The predicted molar refractivity (Wildman–Crippen MR) is 68.8 cm³/mol. The van der Waals surface area contributed by atoms with Crippen LogP contribution in [0.1, 0.15) is 39.0 Å². The molecule has 0 spiro atoms. The van der Waals surface area contributed by atoms with E-state index in [4.69, 9.17) is 10.5 Å². The molecule has 1 atom stereocenters. The second kappa shape index (κ2) is 8.08. The van der Waals surface area contributed by atoms with Gasteiger partial charge in [0.25, 0.3) is 0 Å². The van der Waals surface area contributed by atoms with Crippen LogP contribution in [0.2, 0.25) is 0 Å². The molecule has 3 N–H and O–H groups in total. The lowest BCUT2D eigenvalue weighted by molar-refractivity contribution is -0.122. The fraction of sp³-hybridized carbons (Fsp3) is 0.846. The van der Waals surface area contributed by atoms with E-state index in [-0.39, 0.29) is 17.7 Å². The Kier molecular flexibility index (Phi) is 6.72. The summed E-state index contributed by atoms with van der Waals surface area (Å²) in [6.07, 6.45) is 3.73. The van der Waals surface area contributed by atoms with Gasteiger partial charge in [-0.25, -0.2) is 0 Å². The number of ether oxygens (including phenoxy) is 1. The topological polar surface area (TPSA) is 81.4 Å². The minimum absolute atomic E-state index is 0.105. The number of rotatable bonds is 7. The van der Waals surface area contributed by atoms with Gasteiger partial charge in [0.15, 0.2) is 0 Å². The predicted octanol–water partition coefficient (Wildman–Crippen LogP) is 0.821. The van der Waals surface area contributed by atoms with Crippen LogP contribution in [0.25, 0.3) is 0 Å². The van der Waals surface area contributed by atoms with Crippen molar-refractivity contribution in [1.29, 1.82) is 0 Å². The first-order valence-corrected chi connectivity index (χ1v) is 6.70. The van der Waals surface area contributed by atoms with Crippen LogP contribution in [-0.2, 0) is 14.3 Å². The van der Waals surface area contributed by atoms with Gasteiger partial charge in [-0.15, -0.1) is 0 Å². The minimum Gasteiger partial charge on any atom is -0.381 e. The second-order valence-corrected chi connectivity index (χ2v) is 5.17. The SMILES string of the molecule is C[C@@H](CCNC(=O)CC1CCOCC1)CC(N)=O. The van der Waals surface area contributed by atoms with Crippen LogP contribution in [0.3, 0.4) is 0 Å². The van der Waals surface area contributed by atoms with Gasteiger partial charge in [-0.2, -0.15) is 0 Å². The van der Waals surface area contributed by atoms with Crippen LogP contribution in [0.4, 0.5) is 0 Å². The first-order chi connectivity index (χ1) is 8.58. The van der Waals surface area contributed by atoms with Crippen molar-refractivity contribution in [2.24, 2.45) is 17.6 Å². The Morgan fingerprint density at radius 2 is 2.06 bits per heavy atom. The maximum Gasteiger partial charge on any atom is 0.220 e. The highest BCUT2D eigenvalue weighted by molar-refractivity contribution is 5.76. The van der Waals surface area contributed by atoms with E-state index < -0.39 is 0 Å².